The Morgan fingerprint density at radius 2 is 2.14 bits per heavy atom. The molecule has 76 valence electrons. The van der Waals surface area contributed by atoms with Crippen LogP contribution in [0.4, 0.5) is 0 Å². The average Bonchev–Trinajstić information content (AvgIpc) is 2.49. The standard InChI is InChI=1S/C12H16OS/c1-9-5-3-4-6-11(9)12(13)7-8-14-10(12)2/h3-6,10,13H,7-8H2,1-2H3/t10-,12-/m0/s1. The van der Waals surface area contributed by atoms with E-state index in [0.717, 1.165) is 17.7 Å². The molecule has 0 amide bonds. The van der Waals surface area contributed by atoms with Gasteiger partial charge in [0.05, 0.1) is 0 Å². The van der Waals surface area contributed by atoms with Gasteiger partial charge in [0.2, 0.25) is 0 Å². The lowest BCUT2D eigenvalue weighted by molar-refractivity contribution is 0.0421. The fraction of sp³-hybridized carbons (Fsp3) is 0.500. The molecular formula is C12H16OS. The highest BCUT2D eigenvalue weighted by Crippen LogP contribution is 2.43. The van der Waals surface area contributed by atoms with Gasteiger partial charge < -0.3 is 5.11 Å². The molecule has 0 saturated carbocycles. The average molecular weight is 208 g/mol. The lowest BCUT2D eigenvalue weighted by Gasteiger charge is -2.28. The molecule has 1 aliphatic heterocycles. The quantitative estimate of drug-likeness (QED) is 0.765. The first-order chi connectivity index (χ1) is 6.64. The molecule has 2 rings (SSSR count). The second-order valence-corrected chi connectivity index (χ2v) is 5.45. The smallest absolute Gasteiger partial charge is 0.102 e. The Kier molecular flexibility index (Phi) is 2.58. The highest BCUT2D eigenvalue weighted by atomic mass is 32.2. The van der Waals surface area contributed by atoms with Crippen LogP contribution in [0.15, 0.2) is 24.3 Å². The minimum absolute atomic E-state index is 0.309. The maximum atomic E-state index is 10.6. The molecule has 0 aliphatic carbocycles. The van der Waals surface area contributed by atoms with Crippen LogP contribution in [0, 0.1) is 6.92 Å². The van der Waals surface area contributed by atoms with E-state index in [0.29, 0.717) is 5.25 Å². The molecule has 0 aromatic heterocycles. The molecule has 1 saturated heterocycles. The number of thioether (sulfide) groups is 1. The van der Waals surface area contributed by atoms with Crippen molar-refractivity contribution in [2.75, 3.05) is 5.75 Å². The summed E-state index contributed by atoms with van der Waals surface area (Å²) in [5.41, 5.74) is 1.71. The summed E-state index contributed by atoms with van der Waals surface area (Å²) in [6.07, 6.45) is 0.879. The van der Waals surface area contributed by atoms with Crippen LogP contribution in [-0.4, -0.2) is 16.1 Å². The molecular weight excluding hydrogens is 192 g/mol. The van der Waals surface area contributed by atoms with Gasteiger partial charge in [0.15, 0.2) is 0 Å². The fourth-order valence-electron chi connectivity index (χ4n) is 2.14. The van der Waals surface area contributed by atoms with Crippen LogP contribution in [0.5, 0.6) is 0 Å². The summed E-state index contributed by atoms with van der Waals surface area (Å²) in [7, 11) is 0. The van der Waals surface area contributed by atoms with Crippen molar-refractivity contribution in [1.82, 2.24) is 0 Å². The number of aliphatic hydroxyl groups is 1. The zero-order chi connectivity index (χ0) is 10.2. The van der Waals surface area contributed by atoms with Gasteiger partial charge in [0.1, 0.15) is 5.60 Å². The van der Waals surface area contributed by atoms with E-state index >= 15 is 0 Å². The third-order valence-corrected chi connectivity index (χ3v) is 4.46. The summed E-state index contributed by atoms with van der Waals surface area (Å²) in [5, 5.41) is 10.9. The number of hydrogen-bond donors (Lipinski definition) is 1. The molecule has 0 unspecified atom stereocenters. The zero-order valence-electron chi connectivity index (χ0n) is 8.66. The molecule has 1 fully saturated rings. The molecule has 0 spiro atoms. The second kappa shape index (κ2) is 3.59. The summed E-state index contributed by atoms with van der Waals surface area (Å²) < 4.78 is 0. The summed E-state index contributed by atoms with van der Waals surface area (Å²) in [5.74, 6) is 1.06. The molecule has 1 nitrogen and oxygen atoms in total. The van der Waals surface area contributed by atoms with Crippen LogP contribution >= 0.6 is 11.8 Å². The Morgan fingerprint density at radius 3 is 2.71 bits per heavy atom. The van der Waals surface area contributed by atoms with E-state index in [9.17, 15) is 5.11 Å². The first-order valence-electron chi connectivity index (χ1n) is 5.04. The van der Waals surface area contributed by atoms with Crippen molar-refractivity contribution in [3.63, 3.8) is 0 Å². The number of aryl methyl sites for hydroxylation is 1. The van der Waals surface area contributed by atoms with Gasteiger partial charge in [-0.05, 0) is 30.2 Å². The molecule has 1 aromatic carbocycles. The third-order valence-electron chi connectivity index (χ3n) is 3.14. The largest absolute Gasteiger partial charge is 0.384 e. The summed E-state index contributed by atoms with van der Waals surface area (Å²) >= 11 is 1.86. The van der Waals surface area contributed by atoms with Gasteiger partial charge in [-0.25, -0.2) is 0 Å². The minimum atomic E-state index is -0.601. The maximum absolute atomic E-state index is 10.6. The molecule has 1 aromatic rings. The summed E-state index contributed by atoms with van der Waals surface area (Å²) in [6, 6.07) is 8.16. The first kappa shape index (κ1) is 10.1. The molecule has 1 heterocycles. The van der Waals surface area contributed by atoms with Gasteiger partial charge in [0, 0.05) is 5.25 Å². The Bertz CT molecular complexity index is 337. The zero-order valence-corrected chi connectivity index (χ0v) is 9.47. The van der Waals surface area contributed by atoms with Crippen molar-refractivity contribution < 1.29 is 5.11 Å². The predicted molar refractivity (Wildman–Crippen MR) is 61.6 cm³/mol. The summed E-state index contributed by atoms with van der Waals surface area (Å²) in [6.45, 7) is 4.19. The lowest BCUT2D eigenvalue weighted by Crippen LogP contribution is -2.32. The molecule has 0 bridgehead atoms. The van der Waals surface area contributed by atoms with Crippen LogP contribution in [0.25, 0.3) is 0 Å². The van der Waals surface area contributed by atoms with Crippen LogP contribution < -0.4 is 0 Å². The van der Waals surface area contributed by atoms with E-state index in [4.69, 9.17) is 0 Å². The third kappa shape index (κ3) is 1.47. The molecule has 1 aliphatic rings. The normalized spacial score (nSPS) is 32.1. The minimum Gasteiger partial charge on any atom is -0.384 e. The van der Waals surface area contributed by atoms with Crippen molar-refractivity contribution in [2.45, 2.75) is 31.1 Å². The van der Waals surface area contributed by atoms with Crippen molar-refractivity contribution in [1.29, 1.82) is 0 Å². The monoisotopic (exact) mass is 208 g/mol. The molecule has 1 N–H and O–H groups in total. The highest BCUT2D eigenvalue weighted by Gasteiger charge is 2.41. The van der Waals surface area contributed by atoms with Crippen LogP contribution in [-0.2, 0) is 5.60 Å². The van der Waals surface area contributed by atoms with Crippen molar-refractivity contribution in [2.24, 2.45) is 0 Å². The van der Waals surface area contributed by atoms with Gasteiger partial charge in [-0.1, -0.05) is 31.2 Å². The Labute approximate surface area is 89.5 Å². The van der Waals surface area contributed by atoms with Crippen molar-refractivity contribution in [3.05, 3.63) is 35.4 Å². The number of benzene rings is 1. The Balaban J connectivity index is 2.43. The maximum Gasteiger partial charge on any atom is 0.102 e. The second-order valence-electron chi connectivity index (χ2n) is 4.00. The van der Waals surface area contributed by atoms with E-state index in [1.54, 1.807) is 0 Å². The Morgan fingerprint density at radius 1 is 1.43 bits per heavy atom. The van der Waals surface area contributed by atoms with Crippen molar-refractivity contribution >= 4 is 11.8 Å². The molecule has 0 radical (unpaired) electrons. The Hall–Kier alpha value is -0.470. The first-order valence-corrected chi connectivity index (χ1v) is 6.09. The SMILES string of the molecule is Cc1ccccc1[C@]1(O)CCS[C@H]1C. The molecule has 2 heteroatoms. The molecule has 14 heavy (non-hydrogen) atoms. The number of rotatable bonds is 1. The van der Waals surface area contributed by atoms with Crippen LogP contribution in [0.3, 0.4) is 0 Å². The topological polar surface area (TPSA) is 20.2 Å². The van der Waals surface area contributed by atoms with E-state index in [1.807, 2.05) is 23.9 Å². The van der Waals surface area contributed by atoms with Crippen LogP contribution in [0.1, 0.15) is 24.5 Å². The van der Waals surface area contributed by atoms with Gasteiger partial charge in [-0.3, -0.25) is 0 Å². The van der Waals surface area contributed by atoms with Gasteiger partial charge in [-0.2, -0.15) is 11.8 Å². The van der Waals surface area contributed by atoms with Crippen molar-refractivity contribution in [3.8, 4) is 0 Å². The predicted octanol–water partition coefficient (Wildman–Crippen LogP) is 2.71. The van der Waals surface area contributed by atoms with Crippen LogP contribution in [0.2, 0.25) is 0 Å². The van der Waals surface area contributed by atoms with E-state index in [1.165, 1.54) is 5.56 Å². The van der Waals surface area contributed by atoms with Gasteiger partial charge >= 0.3 is 0 Å². The van der Waals surface area contributed by atoms with E-state index < -0.39 is 5.60 Å². The van der Waals surface area contributed by atoms with Gasteiger partial charge in [0.25, 0.3) is 0 Å². The number of hydrogen-bond acceptors (Lipinski definition) is 2. The lowest BCUT2D eigenvalue weighted by atomic mass is 9.86. The highest BCUT2D eigenvalue weighted by molar-refractivity contribution is 8.00. The summed E-state index contributed by atoms with van der Waals surface area (Å²) in [4.78, 5) is 0. The van der Waals surface area contributed by atoms with E-state index in [2.05, 4.69) is 26.0 Å². The van der Waals surface area contributed by atoms with E-state index in [-0.39, 0.29) is 0 Å². The van der Waals surface area contributed by atoms with Gasteiger partial charge in [-0.15, -0.1) is 0 Å². The molecule has 2 atom stereocenters. The fourth-order valence-corrected chi connectivity index (χ4v) is 3.45.